The summed E-state index contributed by atoms with van der Waals surface area (Å²) in [5.74, 6) is -0.384. The van der Waals surface area contributed by atoms with Gasteiger partial charge in [0, 0.05) is 24.5 Å². The zero-order chi connectivity index (χ0) is 23.9. The van der Waals surface area contributed by atoms with E-state index in [4.69, 9.17) is 0 Å². The smallest absolute Gasteiger partial charge is 0.331 e. The third kappa shape index (κ3) is 4.02. The quantitative estimate of drug-likeness (QED) is 0.402. The van der Waals surface area contributed by atoms with Gasteiger partial charge in [-0.15, -0.1) is 0 Å². The van der Waals surface area contributed by atoms with E-state index in [0.717, 1.165) is 36.5 Å². The molecule has 5 rings (SSSR count). The lowest BCUT2D eigenvalue weighted by molar-refractivity contribution is -0.142. The van der Waals surface area contributed by atoms with E-state index in [1.54, 1.807) is 29.4 Å². The third-order valence-electron chi connectivity index (χ3n) is 6.17. The van der Waals surface area contributed by atoms with Crippen molar-refractivity contribution in [3.8, 4) is 11.3 Å². The molecule has 3 aromatic heterocycles. The zero-order valence-electron chi connectivity index (χ0n) is 18.5. The van der Waals surface area contributed by atoms with Crippen LogP contribution in [0.3, 0.4) is 0 Å². The first-order valence-electron chi connectivity index (χ1n) is 11.1. The van der Waals surface area contributed by atoms with E-state index >= 15 is 0 Å². The number of amides is 1. The van der Waals surface area contributed by atoms with E-state index in [1.165, 1.54) is 6.20 Å². The van der Waals surface area contributed by atoms with E-state index in [-0.39, 0.29) is 28.9 Å². The second kappa shape index (κ2) is 8.55. The fraction of sp³-hybridized carbons (Fsp3) is 0.280. The Balaban J connectivity index is 1.62. The standard InChI is InChI=1S/C25H22F3N5O/c1-16-7-9-17(10-8-16)20-13-22(25(26,27)28)33-23(31-20)19(15-30-33)24(34)32-12-3-2-6-21(32)18-5-4-11-29-14-18/h4-5,7-11,13-15,21H,2-3,6,12H2,1H3/t21-/m1/s1. The molecule has 0 radical (unpaired) electrons. The number of likely N-dealkylation sites (tertiary alicyclic amines) is 1. The first-order chi connectivity index (χ1) is 16.3. The summed E-state index contributed by atoms with van der Waals surface area (Å²) in [4.78, 5) is 24.0. The molecule has 6 nitrogen and oxygen atoms in total. The number of halogens is 3. The summed E-state index contributed by atoms with van der Waals surface area (Å²) in [6.45, 7) is 2.39. The van der Waals surface area contributed by atoms with Crippen LogP contribution in [0.15, 0.2) is 61.1 Å². The Morgan fingerprint density at radius 2 is 1.88 bits per heavy atom. The summed E-state index contributed by atoms with van der Waals surface area (Å²) in [6.07, 6.45) is 2.43. The van der Waals surface area contributed by atoms with Crippen LogP contribution in [-0.4, -0.2) is 36.9 Å². The van der Waals surface area contributed by atoms with Crippen molar-refractivity contribution in [2.75, 3.05) is 6.54 Å². The number of hydrogen-bond acceptors (Lipinski definition) is 4. The molecule has 1 aliphatic rings. The van der Waals surface area contributed by atoms with Crippen molar-refractivity contribution in [1.82, 2.24) is 24.5 Å². The maximum absolute atomic E-state index is 13.9. The minimum absolute atomic E-state index is 0.0512. The minimum atomic E-state index is -4.67. The number of rotatable bonds is 3. The summed E-state index contributed by atoms with van der Waals surface area (Å²) in [5.41, 5.74) is 1.51. The number of aromatic nitrogens is 4. The summed E-state index contributed by atoms with van der Waals surface area (Å²) >= 11 is 0. The van der Waals surface area contributed by atoms with Crippen LogP contribution >= 0.6 is 0 Å². The van der Waals surface area contributed by atoms with Crippen molar-refractivity contribution in [1.29, 1.82) is 0 Å². The van der Waals surface area contributed by atoms with Gasteiger partial charge in [-0.05, 0) is 43.9 Å². The van der Waals surface area contributed by atoms with Gasteiger partial charge in [-0.25, -0.2) is 9.50 Å². The Kier molecular flexibility index (Phi) is 5.55. The van der Waals surface area contributed by atoms with Crippen molar-refractivity contribution >= 4 is 11.6 Å². The average Bonchev–Trinajstić information content (AvgIpc) is 3.27. The van der Waals surface area contributed by atoms with Crippen LogP contribution in [0.4, 0.5) is 13.2 Å². The molecule has 1 fully saturated rings. The fourth-order valence-corrected chi connectivity index (χ4v) is 4.44. The molecule has 1 aliphatic heterocycles. The maximum Gasteiger partial charge on any atom is 0.433 e. The Hall–Kier alpha value is -3.75. The maximum atomic E-state index is 13.9. The van der Waals surface area contributed by atoms with Crippen molar-refractivity contribution < 1.29 is 18.0 Å². The molecule has 1 saturated heterocycles. The molecule has 9 heteroatoms. The lowest BCUT2D eigenvalue weighted by Gasteiger charge is -2.35. The normalized spacial score (nSPS) is 16.7. The Morgan fingerprint density at radius 3 is 2.59 bits per heavy atom. The number of carbonyl (C=O) groups excluding carboxylic acids is 1. The van der Waals surface area contributed by atoms with Crippen LogP contribution < -0.4 is 0 Å². The average molecular weight is 465 g/mol. The minimum Gasteiger partial charge on any atom is -0.331 e. The van der Waals surface area contributed by atoms with E-state index in [9.17, 15) is 18.0 Å². The van der Waals surface area contributed by atoms with Gasteiger partial charge in [0.05, 0.1) is 17.9 Å². The number of alkyl halides is 3. The molecule has 34 heavy (non-hydrogen) atoms. The number of nitrogens with zero attached hydrogens (tertiary/aromatic N) is 5. The van der Waals surface area contributed by atoms with Crippen LogP contribution in [0, 0.1) is 6.92 Å². The van der Waals surface area contributed by atoms with Crippen molar-refractivity contribution in [3.63, 3.8) is 0 Å². The molecule has 4 aromatic rings. The van der Waals surface area contributed by atoms with E-state index in [2.05, 4.69) is 15.1 Å². The van der Waals surface area contributed by atoms with E-state index < -0.39 is 11.9 Å². The number of piperidine rings is 1. The van der Waals surface area contributed by atoms with E-state index in [0.29, 0.717) is 16.6 Å². The van der Waals surface area contributed by atoms with Gasteiger partial charge in [-0.1, -0.05) is 35.9 Å². The van der Waals surface area contributed by atoms with Gasteiger partial charge < -0.3 is 4.90 Å². The fourth-order valence-electron chi connectivity index (χ4n) is 4.44. The van der Waals surface area contributed by atoms with Crippen molar-refractivity contribution in [2.24, 2.45) is 0 Å². The highest BCUT2D eigenvalue weighted by Gasteiger charge is 2.37. The summed E-state index contributed by atoms with van der Waals surface area (Å²) < 4.78 is 42.5. The molecule has 1 amide bonds. The molecule has 0 bridgehead atoms. The molecule has 0 saturated carbocycles. The van der Waals surface area contributed by atoms with Crippen LogP contribution in [0.5, 0.6) is 0 Å². The van der Waals surface area contributed by atoms with Gasteiger partial charge in [0.25, 0.3) is 5.91 Å². The number of benzene rings is 1. The SMILES string of the molecule is Cc1ccc(-c2cc(C(F)(F)F)n3ncc(C(=O)N4CCCC[C@@H]4c4cccnc4)c3n2)cc1. The molecule has 1 atom stereocenters. The summed E-state index contributed by atoms with van der Waals surface area (Å²) in [5, 5.41) is 3.92. The van der Waals surface area contributed by atoms with Crippen molar-refractivity contribution in [3.05, 3.63) is 83.4 Å². The summed E-state index contributed by atoms with van der Waals surface area (Å²) in [7, 11) is 0. The lowest BCUT2D eigenvalue weighted by atomic mass is 9.95. The number of fused-ring (bicyclic) bond motifs is 1. The molecule has 0 spiro atoms. The van der Waals surface area contributed by atoms with Gasteiger partial charge in [-0.3, -0.25) is 9.78 Å². The van der Waals surface area contributed by atoms with Gasteiger partial charge in [0.1, 0.15) is 5.56 Å². The molecule has 0 unspecified atom stereocenters. The van der Waals surface area contributed by atoms with Crippen molar-refractivity contribution in [2.45, 2.75) is 38.4 Å². The predicted molar refractivity (Wildman–Crippen MR) is 120 cm³/mol. The number of hydrogen-bond donors (Lipinski definition) is 0. The summed E-state index contributed by atoms with van der Waals surface area (Å²) in [6, 6.07) is 11.5. The molecular weight excluding hydrogens is 443 g/mol. The van der Waals surface area contributed by atoms with Gasteiger partial charge >= 0.3 is 6.18 Å². The molecule has 0 aliphatic carbocycles. The van der Waals surface area contributed by atoms with Crippen LogP contribution in [0.2, 0.25) is 0 Å². The first-order valence-corrected chi connectivity index (χ1v) is 11.1. The highest BCUT2D eigenvalue weighted by atomic mass is 19.4. The Labute approximate surface area is 194 Å². The number of carbonyl (C=O) groups is 1. The Bertz CT molecular complexity index is 1330. The number of pyridine rings is 1. The Morgan fingerprint density at radius 1 is 1.09 bits per heavy atom. The van der Waals surface area contributed by atoms with Gasteiger partial charge in [0.2, 0.25) is 0 Å². The zero-order valence-corrected chi connectivity index (χ0v) is 18.5. The molecule has 0 N–H and O–H groups in total. The number of aryl methyl sites for hydroxylation is 1. The monoisotopic (exact) mass is 465 g/mol. The highest BCUT2D eigenvalue weighted by Crippen LogP contribution is 2.35. The molecule has 174 valence electrons. The largest absolute Gasteiger partial charge is 0.433 e. The topological polar surface area (TPSA) is 63.4 Å². The van der Waals surface area contributed by atoms with Gasteiger partial charge in [-0.2, -0.15) is 18.3 Å². The molecular formula is C25H22F3N5O. The molecule has 1 aromatic carbocycles. The molecule has 4 heterocycles. The third-order valence-corrected chi connectivity index (χ3v) is 6.17. The first kappa shape index (κ1) is 22.1. The lowest BCUT2D eigenvalue weighted by Crippen LogP contribution is -2.38. The second-order valence-corrected chi connectivity index (χ2v) is 8.48. The predicted octanol–water partition coefficient (Wildman–Crippen LogP) is 5.49. The van der Waals surface area contributed by atoms with Crippen LogP contribution in [-0.2, 0) is 6.18 Å². The van der Waals surface area contributed by atoms with Gasteiger partial charge in [0.15, 0.2) is 11.3 Å². The van der Waals surface area contributed by atoms with E-state index in [1.807, 2.05) is 31.2 Å². The second-order valence-electron chi connectivity index (χ2n) is 8.48. The highest BCUT2D eigenvalue weighted by molar-refractivity contribution is 6.00. The van der Waals surface area contributed by atoms with Crippen LogP contribution in [0.1, 0.15) is 52.5 Å². The van der Waals surface area contributed by atoms with Crippen LogP contribution in [0.25, 0.3) is 16.9 Å².